The molecule has 0 aliphatic heterocycles. The van der Waals surface area contributed by atoms with E-state index >= 15 is 0 Å². The van der Waals surface area contributed by atoms with Gasteiger partial charge in [-0.05, 0) is 0 Å². The summed E-state index contributed by atoms with van der Waals surface area (Å²) in [6.45, 7) is 0. The van der Waals surface area contributed by atoms with Gasteiger partial charge in [0.15, 0.2) is 0 Å². The minimum atomic E-state index is -0.699. The summed E-state index contributed by atoms with van der Waals surface area (Å²) < 4.78 is 10.3. The molecule has 0 atom stereocenters. The molecule has 0 spiro atoms. The predicted octanol–water partition coefficient (Wildman–Crippen LogP) is 1.46. The van der Waals surface area contributed by atoms with E-state index in [1.165, 1.54) is 44.8 Å². The number of aryl methyl sites for hydroxylation is 1. The molecule has 5 nitrogen and oxygen atoms in total. The van der Waals surface area contributed by atoms with Gasteiger partial charge in [-0.2, -0.15) is 0 Å². The molecule has 0 amide bonds. The van der Waals surface area contributed by atoms with Crippen molar-refractivity contribution >= 4 is 22.9 Å². The van der Waals surface area contributed by atoms with Gasteiger partial charge in [0.05, 0.1) is 0 Å². The van der Waals surface area contributed by atoms with E-state index in [-0.39, 0.29) is 0 Å². The molecule has 2 aliphatic carbocycles. The summed E-state index contributed by atoms with van der Waals surface area (Å²) in [5.41, 5.74) is 10.4. The molecule has 6 rings (SSSR count). The molecule has 2 heterocycles. The molecular formula is C21H15I2N4O-. The molecule has 7 heteroatoms. The van der Waals surface area contributed by atoms with Crippen LogP contribution in [0, 0.1) is 0 Å². The number of aromatic nitrogens is 4. The molecule has 4 aromatic rings. The Morgan fingerprint density at radius 3 is 2.64 bits per heavy atom. The zero-order valence-corrected chi connectivity index (χ0v) is 19.1. The molecule has 0 radical (unpaired) electrons. The molecule has 28 heavy (non-hydrogen) atoms. The van der Waals surface area contributed by atoms with Crippen molar-refractivity contribution in [1.29, 1.82) is 0 Å². The number of hydrogen-bond donors (Lipinski definition) is 0. The van der Waals surface area contributed by atoms with Gasteiger partial charge in [-0.1, -0.05) is 0 Å². The molecule has 2 aliphatic rings. The summed E-state index contributed by atoms with van der Waals surface area (Å²) in [6, 6.07) is 15.0. The summed E-state index contributed by atoms with van der Waals surface area (Å²) in [5, 5.41) is 9.01. The van der Waals surface area contributed by atoms with Gasteiger partial charge >= 0.3 is 188 Å². The number of hydrogen-bond acceptors (Lipinski definition) is 3. The number of halogens is 2. The van der Waals surface area contributed by atoms with Crippen LogP contribution in [0.4, 0.5) is 0 Å². The van der Waals surface area contributed by atoms with Crippen LogP contribution >= 0.6 is 22.9 Å². The Balaban J connectivity index is 1.25. The van der Waals surface area contributed by atoms with Gasteiger partial charge in [0.2, 0.25) is 0 Å². The maximum absolute atomic E-state index is 6.22. The molecule has 0 unspecified atom stereocenters. The number of fused-ring (bicyclic) bond motifs is 6. The average Bonchev–Trinajstić information content (AvgIpc) is 3.40. The summed E-state index contributed by atoms with van der Waals surface area (Å²) in [4.78, 5) is 0. The quantitative estimate of drug-likeness (QED) is 0.298. The predicted molar refractivity (Wildman–Crippen MR) is 111 cm³/mol. The zero-order valence-electron chi connectivity index (χ0n) is 14.8. The van der Waals surface area contributed by atoms with Gasteiger partial charge in [0.25, 0.3) is 0 Å². The van der Waals surface area contributed by atoms with Gasteiger partial charge in [0.1, 0.15) is 0 Å². The van der Waals surface area contributed by atoms with Crippen molar-refractivity contribution in [2.45, 2.75) is 19.3 Å². The monoisotopic (exact) mass is 593 g/mol. The zero-order chi connectivity index (χ0) is 18.7. The molecule has 0 saturated carbocycles. The van der Waals surface area contributed by atoms with Crippen LogP contribution in [0.2, 0.25) is 0 Å². The maximum atomic E-state index is 6.22. The van der Waals surface area contributed by atoms with Crippen molar-refractivity contribution in [3.8, 4) is 28.0 Å². The molecule has 2 aromatic heterocycles. The third-order valence-corrected chi connectivity index (χ3v) is 8.24. The summed E-state index contributed by atoms with van der Waals surface area (Å²) in [5.74, 6) is 0.941. The Morgan fingerprint density at radius 1 is 0.857 bits per heavy atom. The van der Waals surface area contributed by atoms with E-state index in [2.05, 4.69) is 78.4 Å². The summed E-state index contributed by atoms with van der Waals surface area (Å²) in [6.07, 6.45) is 6.95. The summed E-state index contributed by atoms with van der Waals surface area (Å²) in [7, 11) is 0. The molecular weight excluding hydrogens is 578 g/mol. The van der Waals surface area contributed by atoms with E-state index in [4.69, 9.17) is 3.07 Å². The standard InChI is InChI=1S/C21H15I2N4O/c22-26-20-8-5-14-9-15(6-7-17(14)18(20)11-24-26)28-23-27-21-10-13-3-1-2-4-16(13)19(21)12-25-27/h1-4,6-7,9,11-12H,5,8,10H2/q-1. The fourth-order valence-corrected chi connectivity index (χ4v) is 6.34. The van der Waals surface area contributed by atoms with Crippen molar-refractivity contribution < 1.29 is 25.0 Å². The number of rotatable bonds is 3. The van der Waals surface area contributed by atoms with Crippen LogP contribution in [0.25, 0.3) is 22.3 Å². The normalized spacial score (nSPS) is 13.8. The van der Waals surface area contributed by atoms with Crippen LogP contribution in [0.5, 0.6) is 5.75 Å². The summed E-state index contributed by atoms with van der Waals surface area (Å²) >= 11 is 1.55. The van der Waals surface area contributed by atoms with E-state index in [0.29, 0.717) is 0 Å². The van der Waals surface area contributed by atoms with E-state index in [0.717, 1.165) is 25.0 Å². The van der Waals surface area contributed by atoms with E-state index in [1.807, 2.05) is 15.3 Å². The fraction of sp³-hybridized carbons (Fsp3) is 0.143. The van der Waals surface area contributed by atoms with Gasteiger partial charge < -0.3 is 0 Å². The van der Waals surface area contributed by atoms with Crippen LogP contribution in [-0.2, 0) is 19.3 Å². The van der Waals surface area contributed by atoms with E-state index in [9.17, 15) is 0 Å². The van der Waals surface area contributed by atoms with E-state index in [1.54, 1.807) is 0 Å². The minimum absolute atomic E-state index is 0.699. The van der Waals surface area contributed by atoms with Gasteiger partial charge in [0, 0.05) is 0 Å². The van der Waals surface area contributed by atoms with Crippen LogP contribution in [-0.4, -0.2) is 16.0 Å². The fourth-order valence-electron chi connectivity index (χ4n) is 4.13. The first-order chi connectivity index (χ1) is 13.8. The van der Waals surface area contributed by atoms with Gasteiger partial charge in [-0.3, -0.25) is 0 Å². The first-order valence-corrected chi connectivity index (χ1v) is 11.9. The van der Waals surface area contributed by atoms with Crippen LogP contribution in [0.1, 0.15) is 22.5 Å². The number of benzene rings is 2. The van der Waals surface area contributed by atoms with Crippen molar-refractivity contribution in [2.24, 2.45) is 0 Å². The van der Waals surface area contributed by atoms with Crippen molar-refractivity contribution in [3.05, 3.63) is 77.4 Å². The topological polar surface area (TPSA) is 44.9 Å². The van der Waals surface area contributed by atoms with Gasteiger partial charge in [-0.15, -0.1) is 0 Å². The Labute approximate surface area is 187 Å². The van der Waals surface area contributed by atoms with Crippen LogP contribution in [0.3, 0.4) is 0 Å². The van der Waals surface area contributed by atoms with Crippen molar-refractivity contribution in [2.75, 3.05) is 0 Å². The Kier molecular flexibility index (Phi) is 4.00. The third kappa shape index (κ3) is 2.62. The van der Waals surface area contributed by atoms with Crippen LogP contribution in [0.15, 0.2) is 54.9 Å². The third-order valence-electron chi connectivity index (χ3n) is 5.50. The first kappa shape index (κ1) is 17.0. The molecule has 0 N–H and O–H groups in total. The molecule has 140 valence electrons. The number of nitrogens with zero attached hydrogens (tertiary/aromatic N) is 4. The van der Waals surface area contributed by atoms with Crippen molar-refractivity contribution in [3.63, 3.8) is 0 Å². The Bertz CT molecular complexity index is 1230. The first-order valence-electron chi connectivity index (χ1n) is 9.12. The van der Waals surface area contributed by atoms with Crippen LogP contribution < -0.4 is 25.0 Å². The molecule has 0 bridgehead atoms. The second-order valence-electron chi connectivity index (χ2n) is 7.03. The molecule has 0 saturated heterocycles. The van der Waals surface area contributed by atoms with Gasteiger partial charge in [-0.25, -0.2) is 0 Å². The molecule has 0 fully saturated rings. The average molecular weight is 593 g/mol. The van der Waals surface area contributed by atoms with Crippen molar-refractivity contribution in [1.82, 2.24) is 16.0 Å². The Morgan fingerprint density at radius 2 is 1.68 bits per heavy atom. The molecule has 2 aromatic carbocycles. The second kappa shape index (κ2) is 6.58. The SMILES string of the molecule is In1ncc2c1CCc1cc(O[I-]n3ncc4c3Cc3ccccc3-4)ccc1-2. The van der Waals surface area contributed by atoms with E-state index < -0.39 is 21.9 Å². The Hall–Kier alpha value is -1.88. The second-order valence-corrected chi connectivity index (χ2v) is 9.69.